The summed E-state index contributed by atoms with van der Waals surface area (Å²) in [6.45, 7) is 15.5. The van der Waals surface area contributed by atoms with Gasteiger partial charge in [-0.3, -0.25) is 4.98 Å². The van der Waals surface area contributed by atoms with Gasteiger partial charge in [0.1, 0.15) is 11.9 Å². The van der Waals surface area contributed by atoms with Crippen molar-refractivity contribution in [1.29, 1.82) is 0 Å². The average Bonchev–Trinajstić information content (AvgIpc) is 2.62. The second-order valence-corrected chi connectivity index (χ2v) is 7.08. The van der Waals surface area contributed by atoms with Gasteiger partial charge in [0.05, 0.1) is 12.3 Å². The van der Waals surface area contributed by atoms with Crippen molar-refractivity contribution in [2.24, 2.45) is 11.3 Å². The van der Waals surface area contributed by atoms with E-state index in [2.05, 4.69) is 31.8 Å². The molecule has 4 nitrogen and oxygen atoms in total. The Kier molecular flexibility index (Phi) is 12.5. The number of pyridine rings is 1. The molecule has 0 spiro atoms. The van der Waals surface area contributed by atoms with Crippen LogP contribution in [0.1, 0.15) is 67.0 Å². The molecule has 1 atom stereocenters. The van der Waals surface area contributed by atoms with E-state index < -0.39 is 0 Å². The minimum Gasteiger partial charge on any atom is -0.489 e. The Balaban J connectivity index is 0.00000146. The molecular weight excluding hydrogens is 326 g/mol. The van der Waals surface area contributed by atoms with Crippen molar-refractivity contribution in [2.75, 3.05) is 20.8 Å². The highest BCUT2D eigenvalue weighted by atomic mass is 16.5. The Morgan fingerprint density at radius 2 is 1.69 bits per heavy atom. The molecule has 1 aliphatic carbocycles. The van der Waals surface area contributed by atoms with Crippen LogP contribution >= 0.6 is 0 Å². The third-order valence-electron chi connectivity index (χ3n) is 4.87. The molecule has 0 amide bonds. The molecule has 0 N–H and O–H groups in total. The lowest BCUT2D eigenvalue weighted by atomic mass is 9.76. The first-order valence-electron chi connectivity index (χ1n) is 10.1. The fourth-order valence-corrected chi connectivity index (χ4v) is 2.70. The van der Waals surface area contributed by atoms with E-state index in [1.54, 1.807) is 14.2 Å². The molecule has 0 saturated heterocycles. The van der Waals surface area contributed by atoms with Gasteiger partial charge in [0, 0.05) is 39.4 Å². The zero-order valence-electron chi connectivity index (χ0n) is 18.5. The van der Waals surface area contributed by atoms with E-state index in [0.717, 1.165) is 37.3 Å². The van der Waals surface area contributed by atoms with Crippen molar-refractivity contribution in [2.45, 2.75) is 79.9 Å². The van der Waals surface area contributed by atoms with E-state index in [1.165, 1.54) is 0 Å². The molecule has 0 aliphatic heterocycles. The summed E-state index contributed by atoms with van der Waals surface area (Å²) in [5.41, 5.74) is 1.26. The number of hydrogen-bond acceptors (Lipinski definition) is 4. The fraction of sp³-hybridized carbons (Fsp3) is 0.773. The van der Waals surface area contributed by atoms with Crippen molar-refractivity contribution in [3.8, 4) is 5.75 Å². The first-order chi connectivity index (χ1) is 12.4. The van der Waals surface area contributed by atoms with Crippen LogP contribution in [0.4, 0.5) is 0 Å². The minimum atomic E-state index is 0.158. The standard InChI is InChI=1S/C18H29NO3.2C2H6/c1-13(12-20-4)18(2,3)10-14-6-7-15(11-19-14)22-17-8-16(9-17)21-5;2*1-2/h6-7,11,13,16-17H,8-10,12H2,1-5H3;2*1-2H3. The number of rotatable bonds is 8. The van der Waals surface area contributed by atoms with Crippen LogP contribution in [0.25, 0.3) is 0 Å². The lowest BCUT2D eigenvalue weighted by Gasteiger charge is -2.34. The Hall–Kier alpha value is -1.13. The van der Waals surface area contributed by atoms with Crippen molar-refractivity contribution in [3.63, 3.8) is 0 Å². The van der Waals surface area contributed by atoms with Gasteiger partial charge < -0.3 is 14.2 Å². The van der Waals surface area contributed by atoms with Crippen molar-refractivity contribution in [3.05, 3.63) is 24.0 Å². The maximum atomic E-state index is 5.89. The van der Waals surface area contributed by atoms with Gasteiger partial charge in [-0.25, -0.2) is 0 Å². The summed E-state index contributed by atoms with van der Waals surface area (Å²) >= 11 is 0. The van der Waals surface area contributed by atoms with Gasteiger partial charge in [-0.05, 0) is 29.9 Å². The van der Waals surface area contributed by atoms with Gasteiger partial charge in [-0.2, -0.15) is 0 Å². The molecule has 1 aromatic rings. The maximum Gasteiger partial charge on any atom is 0.138 e. The molecule has 1 saturated carbocycles. The molecule has 1 aromatic heterocycles. The summed E-state index contributed by atoms with van der Waals surface area (Å²) in [6.07, 6.45) is 5.36. The Bertz CT molecular complexity index is 453. The fourth-order valence-electron chi connectivity index (χ4n) is 2.70. The molecule has 26 heavy (non-hydrogen) atoms. The summed E-state index contributed by atoms with van der Waals surface area (Å²) in [4.78, 5) is 4.56. The van der Waals surface area contributed by atoms with Crippen molar-refractivity contribution < 1.29 is 14.2 Å². The maximum absolute atomic E-state index is 5.89. The topological polar surface area (TPSA) is 40.6 Å². The molecule has 2 rings (SSSR count). The van der Waals surface area contributed by atoms with Gasteiger partial charge in [0.2, 0.25) is 0 Å². The van der Waals surface area contributed by atoms with Gasteiger partial charge in [-0.15, -0.1) is 0 Å². The minimum absolute atomic E-state index is 0.158. The number of nitrogens with zero attached hydrogens (tertiary/aromatic N) is 1. The van der Waals surface area contributed by atoms with Crippen LogP contribution in [0.15, 0.2) is 18.3 Å². The largest absolute Gasteiger partial charge is 0.489 e. The zero-order chi connectivity index (χ0) is 20.2. The van der Waals surface area contributed by atoms with E-state index in [9.17, 15) is 0 Å². The molecule has 1 heterocycles. The van der Waals surface area contributed by atoms with Crippen molar-refractivity contribution in [1.82, 2.24) is 4.98 Å². The van der Waals surface area contributed by atoms with E-state index in [4.69, 9.17) is 14.2 Å². The second-order valence-electron chi connectivity index (χ2n) is 7.08. The summed E-state index contributed by atoms with van der Waals surface area (Å²) < 4.78 is 16.4. The molecule has 0 bridgehead atoms. The van der Waals surface area contributed by atoms with Gasteiger partial charge >= 0.3 is 0 Å². The van der Waals surface area contributed by atoms with Crippen LogP contribution < -0.4 is 4.74 Å². The lowest BCUT2D eigenvalue weighted by molar-refractivity contribution is -0.0382. The number of hydrogen-bond donors (Lipinski definition) is 0. The summed E-state index contributed by atoms with van der Waals surface area (Å²) in [6, 6.07) is 4.10. The van der Waals surface area contributed by atoms with Crippen LogP contribution in [0, 0.1) is 11.3 Å². The van der Waals surface area contributed by atoms with Crippen LogP contribution in [-0.4, -0.2) is 38.0 Å². The molecule has 1 unspecified atom stereocenters. The van der Waals surface area contributed by atoms with Crippen molar-refractivity contribution >= 4 is 0 Å². The van der Waals surface area contributed by atoms with Crippen LogP contribution in [0.3, 0.4) is 0 Å². The lowest BCUT2D eigenvalue weighted by Crippen LogP contribution is -2.38. The van der Waals surface area contributed by atoms with Gasteiger partial charge in [0.25, 0.3) is 0 Å². The van der Waals surface area contributed by atoms with E-state index in [0.29, 0.717) is 12.0 Å². The SMILES string of the molecule is CC.CC.COCC(C)C(C)(C)Cc1ccc(OC2CC(OC)C2)cn1. The molecule has 0 radical (unpaired) electrons. The molecule has 0 aromatic carbocycles. The quantitative estimate of drug-likeness (QED) is 0.605. The smallest absolute Gasteiger partial charge is 0.138 e. The zero-order valence-corrected chi connectivity index (χ0v) is 18.5. The number of methoxy groups -OCH3 is 2. The van der Waals surface area contributed by atoms with Crippen LogP contribution in [-0.2, 0) is 15.9 Å². The van der Waals surface area contributed by atoms with Crippen LogP contribution in [0.2, 0.25) is 0 Å². The molecule has 1 fully saturated rings. The van der Waals surface area contributed by atoms with Crippen LogP contribution in [0.5, 0.6) is 5.75 Å². The second kappa shape index (κ2) is 13.1. The Labute approximate surface area is 161 Å². The highest BCUT2D eigenvalue weighted by Gasteiger charge is 2.31. The Morgan fingerprint density at radius 1 is 1.08 bits per heavy atom. The number of aromatic nitrogens is 1. The first-order valence-corrected chi connectivity index (χ1v) is 10.1. The molecular formula is C22H41NO3. The summed E-state index contributed by atoms with van der Waals surface area (Å²) in [5, 5.41) is 0. The molecule has 152 valence electrons. The molecule has 4 heteroatoms. The third-order valence-corrected chi connectivity index (χ3v) is 4.87. The predicted octanol–water partition coefficient (Wildman–Crippen LogP) is 5.54. The normalized spacial score (nSPS) is 19.9. The highest BCUT2D eigenvalue weighted by molar-refractivity contribution is 5.21. The monoisotopic (exact) mass is 367 g/mol. The van der Waals surface area contributed by atoms with Gasteiger partial charge in [0.15, 0.2) is 0 Å². The summed E-state index contributed by atoms with van der Waals surface area (Å²) in [5.74, 6) is 1.34. The number of ether oxygens (including phenoxy) is 3. The molecule has 1 aliphatic rings. The highest BCUT2D eigenvalue weighted by Crippen LogP contribution is 2.31. The summed E-state index contributed by atoms with van der Waals surface area (Å²) in [7, 11) is 3.51. The van der Waals surface area contributed by atoms with E-state index in [1.807, 2.05) is 40.0 Å². The first kappa shape index (κ1) is 24.9. The predicted molar refractivity (Wildman–Crippen MR) is 110 cm³/mol. The van der Waals surface area contributed by atoms with Gasteiger partial charge in [-0.1, -0.05) is 48.5 Å². The third kappa shape index (κ3) is 8.05. The Morgan fingerprint density at radius 3 is 2.15 bits per heavy atom. The van der Waals surface area contributed by atoms with E-state index in [-0.39, 0.29) is 11.5 Å². The van der Waals surface area contributed by atoms with E-state index >= 15 is 0 Å². The average molecular weight is 368 g/mol.